The van der Waals surface area contributed by atoms with Crippen molar-refractivity contribution in [3.8, 4) is 0 Å². The summed E-state index contributed by atoms with van der Waals surface area (Å²) in [5.74, 6) is 1.66. The standard InChI is InChI=1S/C20H33N/c1-14(2)15-6-8-17-16(12-15)7-9-18-19(3,13-21)10-5-11-20(17,18)4/h12,17-18H,5-11,13,21H2,1-4H3. The second-order valence-corrected chi connectivity index (χ2v) is 8.64. The highest BCUT2D eigenvalue weighted by Crippen LogP contribution is 2.62. The van der Waals surface area contributed by atoms with E-state index in [2.05, 4.69) is 33.8 Å². The summed E-state index contributed by atoms with van der Waals surface area (Å²) >= 11 is 0. The van der Waals surface area contributed by atoms with Crippen LogP contribution < -0.4 is 5.73 Å². The second-order valence-electron chi connectivity index (χ2n) is 8.64. The van der Waals surface area contributed by atoms with E-state index >= 15 is 0 Å². The minimum absolute atomic E-state index is 0.384. The van der Waals surface area contributed by atoms with E-state index in [1.807, 2.05) is 0 Å². The largest absolute Gasteiger partial charge is 0.330 e. The molecule has 4 unspecified atom stereocenters. The number of hydrogen-bond donors (Lipinski definition) is 1. The van der Waals surface area contributed by atoms with Crippen molar-refractivity contribution in [3.05, 3.63) is 22.8 Å². The Balaban J connectivity index is 1.96. The molecule has 0 saturated heterocycles. The van der Waals surface area contributed by atoms with Crippen LogP contribution in [0.3, 0.4) is 0 Å². The maximum Gasteiger partial charge on any atom is -0.00203 e. The molecule has 2 fully saturated rings. The second kappa shape index (κ2) is 5.26. The van der Waals surface area contributed by atoms with Crippen molar-refractivity contribution >= 4 is 0 Å². The first-order valence-electron chi connectivity index (χ1n) is 8.97. The molecule has 3 aliphatic rings. The van der Waals surface area contributed by atoms with Gasteiger partial charge in [0.25, 0.3) is 0 Å². The van der Waals surface area contributed by atoms with Crippen LogP contribution in [-0.4, -0.2) is 6.54 Å². The Kier molecular flexibility index (Phi) is 3.84. The van der Waals surface area contributed by atoms with Gasteiger partial charge < -0.3 is 5.73 Å². The van der Waals surface area contributed by atoms with E-state index in [0.29, 0.717) is 10.8 Å². The number of hydrogen-bond acceptors (Lipinski definition) is 1. The number of allylic oxidation sites excluding steroid dienone is 4. The van der Waals surface area contributed by atoms with E-state index in [0.717, 1.165) is 18.4 Å². The molecule has 0 spiro atoms. The van der Waals surface area contributed by atoms with Crippen LogP contribution in [0.5, 0.6) is 0 Å². The Bertz CT molecular complexity index is 482. The van der Waals surface area contributed by atoms with E-state index in [1.54, 1.807) is 11.1 Å². The zero-order chi connectivity index (χ0) is 15.3. The van der Waals surface area contributed by atoms with Crippen LogP contribution in [0, 0.1) is 22.7 Å². The van der Waals surface area contributed by atoms with Crippen LogP contribution >= 0.6 is 0 Å². The molecular weight excluding hydrogens is 254 g/mol. The van der Waals surface area contributed by atoms with Crippen molar-refractivity contribution in [2.24, 2.45) is 28.4 Å². The predicted octanol–water partition coefficient (Wildman–Crippen LogP) is 5.22. The molecule has 21 heavy (non-hydrogen) atoms. The summed E-state index contributed by atoms with van der Waals surface area (Å²) in [5.41, 5.74) is 12.0. The topological polar surface area (TPSA) is 26.0 Å². The first-order chi connectivity index (χ1) is 9.90. The third-order valence-corrected chi connectivity index (χ3v) is 7.24. The molecule has 0 heterocycles. The van der Waals surface area contributed by atoms with Crippen molar-refractivity contribution in [1.82, 2.24) is 0 Å². The highest BCUT2D eigenvalue weighted by Gasteiger charge is 2.54. The van der Waals surface area contributed by atoms with Crippen LogP contribution in [0.2, 0.25) is 0 Å². The summed E-state index contributed by atoms with van der Waals surface area (Å²) in [6.07, 6.45) is 12.0. The molecule has 3 aliphatic carbocycles. The Morgan fingerprint density at radius 2 is 1.95 bits per heavy atom. The lowest BCUT2D eigenvalue weighted by molar-refractivity contribution is -0.0596. The van der Waals surface area contributed by atoms with Gasteiger partial charge in [-0.05, 0) is 87.2 Å². The Hall–Kier alpha value is -0.560. The zero-order valence-electron chi connectivity index (χ0n) is 14.5. The minimum Gasteiger partial charge on any atom is -0.330 e. The zero-order valence-corrected chi connectivity index (χ0v) is 14.5. The van der Waals surface area contributed by atoms with Crippen molar-refractivity contribution in [3.63, 3.8) is 0 Å². The third kappa shape index (κ3) is 2.32. The maximum atomic E-state index is 6.21. The van der Waals surface area contributed by atoms with Crippen LogP contribution in [0.4, 0.5) is 0 Å². The van der Waals surface area contributed by atoms with E-state index in [1.165, 1.54) is 50.5 Å². The molecule has 2 saturated carbocycles. The average Bonchev–Trinajstić information content (AvgIpc) is 2.46. The van der Waals surface area contributed by atoms with Crippen LogP contribution in [0.1, 0.15) is 72.6 Å². The average molecular weight is 287 g/mol. The summed E-state index contributed by atoms with van der Waals surface area (Å²) in [6.45, 7) is 10.5. The molecule has 4 atom stereocenters. The fraction of sp³-hybridized carbons (Fsp3) is 0.800. The molecule has 3 rings (SSSR count). The first kappa shape index (κ1) is 15.3. The van der Waals surface area contributed by atoms with E-state index in [4.69, 9.17) is 5.73 Å². The lowest BCUT2D eigenvalue weighted by Crippen LogP contribution is -2.53. The fourth-order valence-electron chi connectivity index (χ4n) is 5.94. The van der Waals surface area contributed by atoms with Gasteiger partial charge in [-0.1, -0.05) is 37.5 Å². The van der Waals surface area contributed by atoms with Gasteiger partial charge in [-0.3, -0.25) is 0 Å². The lowest BCUT2D eigenvalue weighted by atomic mass is 9.46. The normalized spacial score (nSPS) is 42.9. The Labute approximate surface area is 131 Å². The summed E-state index contributed by atoms with van der Waals surface area (Å²) in [4.78, 5) is 0. The Morgan fingerprint density at radius 3 is 2.62 bits per heavy atom. The molecule has 2 N–H and O–H groups in total. The highest BCUT2D eigenvalue weighted by molar-refractivity contribution is 5.34. The Morgan fingerprint density at radius 1 is 1.19 bits per heavy atom. The summed E-state index contributed by atoms with van der Waals surface area (Å²) in [5, 5.41) is 0. The lowest BCUT2D eigenvalue weighted by Gasteiger charge is -2.59. The van der Waals surface area contributed by atoms with Crippen LogP contribution in [-0.2, 0) is 0 Å². The van der Waals surface area contributed by atoms with Gasteiger partial charge in [0.15, 0.2) is 0 Å². The summed E-state index contributed by atoms with van der Waals surface area (Å²) < 4.78 is 0. The van der Waals surface area contributed by atoms with Gasteiger partial charge >= 0.3 is 0 Å². The van der Waals surface area contributed by atoms with Gasteiger partial charge in [-0.15, -0.1) is 0 Å². The minimum atomic E-state index is 0.384. The van der Waals surface area contributed by atoms with Gasteiger partial charge in [0.05, 0.1) is 0 Å². The number of nitrogens with two attached hydrogens (primary N) is 1. The molecular formula is C20H33N. The van der Waals surface area contributed by atoms with E-state index < -0.39 is 0 Å². The highest BCUT2D eigenvalue weighted by atomic mass is 14.7. The van der Waals surface area contributed by atoms with Gasteiger partial charge in [-0.2, -0.15) is 0 Å². The van der Waals surface area contributed by atoms with E-state index in [-0.39, 0.29) is 0 Å². The quantitative estimate of drug-likeness (QED) is 0.702. The van der Waals surface area contributed by atoms with Crippen molar-refractivity contribution in [1.29, 1.82) is 0 Å². The molecule has 0 aromatic rings. The monoisotopic (exact) mass is 287 g/mol. The third-order valence-electron chi connectivity index (χ3n) is 7.24. The smallest absolute Gasteiger partial charge is 0.00203 e. The number of rotatable bonds is 1. The van der Waals surface area contributed by atoms with Gasteiger partial charge in [0, 0.05) is 0 Å². The summed E-state index contributed by atoms with van der Waals surface area (Å²) in [7, 11) is 0. The van der Waals surface area contributed by atoms with Gasteiger partial charge in [-0.25, -0.2) is 0 Å². The molecule has 0 radical (unpaired) electrons. The molecule has 0 amide bonds. The molecule has 1 heteroatoms. The SMILES string of the molecule is CC(C)=C1C=C2CCC3C(C)(CN)CCCC3(C)C2CC1. The molecule has 118 valence electrons. The predicted molar refractivity (Wildman–Crippen MR) is 91.0 cm³/mol. The molecule has 0 bridgehead atoms. The first-order valence-corrected chi connectivity index (χ1v) is 8.97. The molecule has 0 aromatic heterocycles. The van der Waals surface area contributed by atoms with Gasteiger partial charge in [0.1, 0.15) is 0 Å². The molecule has 1 nitrogen and oxygen atoms in total. The van der Waals surface area contributed by atoms with Gasteiger partial charge in [0.2, 0.25) is 0 Å². The molecule has 0 aromatic carbocycles. The van der Waals surface area contributed by atoms with Crippen LogP contribution in [0.25, 0.3) is 0 Å². The van der Waals surface area contributed by atoms with Crippen molar-refractivity contribution in [2.75, 3.05) is 6.54 Å². The maximum absolute atomic E-state index is 6.21. The van der Waals surface area contributed by atoms with Crippen LogP contribution in [0.15, 0.2) is 22.8 Å². The number of fused-ring (bicyclic) bond motifs is 3. The molecule has 0 aliphatic heterocycles. The van der Waals surface area contributed by atoms with Crippen molar-refractivity contribution in [2.45, 2.75) is 72.6 Å². The van der Waals surface area contributed by atoms with Crippen molar-refractivity contribution < 1.29 is 0 Å². The summed E-state index contributed by atoms with van der Waals surface area (Å²) in [6, 6.07) is 0. The fourth-order valence-corrected chi connectivity index (χ4v) is 5.94. The van der Waals surface area contributed by atoms with E-state index in [9.17, 15) is 0 Å².